The van der Waals surface area contributed by atoms with E-state index >= 15 is 0 Å². The molecule has 1 amide bonds. The molecular weight excluding hydrogens is 342 g/mol. The Labute approximate surface area is 157 Å². The van der Waals surface area contributed by atoms with Gasteiger partial charge in [0.25, 0.3) is 0 Å². The quantitative estimate of drug-likeness (QED) is 0.757. The van der Waals surface area contributed by atoms with Crippen LogP contribution in [0, 0.1) is 0 Å². The number of amides is 1. The average Bonchev–Trinajstić information content (AvgIpc) is 3.37. The molecule has 7 nitrogen and oxygen atoms in total. The van der Waals surface area contributed by atoms with E-state index in [1.807, 2.05) is 11.8 Å². The fraction of sp³-hybridized carbons (Fsp3) is 0.450. The monoisotopic (exact) mass is 365 g/mol. The number of benzene rings is 1. The summed E-state index contributed by atoms with van der Waals surface area (Å²) in [5.41, 5.74) is 3.46. The first kappa shape index (κ1) is 16.5. The van der Waals surface area contributed by atoms with Gasteiger partial charge in [-0.15, -0.1) is 0 Å². The van der Waals surface area contributed by atoms with E-state index in [9.17, 15) is 4.79 Å². The summed E-state index contributed by atoms with van der Waals surface area (Å²) in [7, 11) is 0. The SMILES string of the molecule is CC(C(=O)N1CCC2(CC1)OCCc1c2[nH]c2ccccc12)n1cncn1. The van der Waals surface area contributed by atoms with Crippen molar-refractivity contribution in [2.45, 2.75) is 37.8 Å². The lowest BCUT2D eigenvalue weighted by molar-refractivity contribution is -0.144. The largest absolute Gasteiger partial charge is 0.368 e. The van der Waals surface area contributed by atoms with Crippen molar-refractivity contribution >= 4 is 16.8 Å². The molecule has 1 unspecified atom stereocenters. The molecule has 5 rings (SSSR count). The summed E-state index contributed by atoms with van der Waals surface area (Å²) in [6, 6.07) is 8.12. The van der Waals surface area contributed by atoms with Gasteiger partial charge in [-0.1, -0.05) is 18.2 Å². The first-order chi connectivity index (χ1) is 13.2. The van der Waals surface area contributed by atoms with E-state index in [4.69, 9.17) is 4.74 Å². The minimum absolute atomic E-state index is 0.0861. The lowest BCUT2D eigenvalue weighted by Gasteiger charge is -2.44. The van der Waals surface area contributed by atoms with Crippen molar-refractivity contribution < 1.29 is 9.53 Å². The number of hydrogen-bond donors (Lipinski definition) is 1. The Morgan fingerprint density at radius 3 is 2.89 bits per heavy atom. The Bertz CT molecular complexity index is 970. The van der Waals surface area contributed by atoms with Crippen molar-refractivity contribution in [1.82, 2.24) is 24.6 Å². The van der Waals surface area contributed by atoms with E-state index in [1.54, 1.807) is 11.0 Å². The van der Waals surface area contributed by atoms with Gasteiger partial charge < -0.3 is 14.6 Å². The summed E-state index contributed by atoms with van der Waals surface area (Å²) >= 11 is 0. The van der Waals surface area contributed by atoms with Crippen LogP contribution in [0.5, 0.6) is 0 Å². The predicted molar refractivity (Wildman–Crippen MR) is 100 cm³/mol. The number of hydrogen-bond acceptors (Lipinski definition) is 4. The zero-order valence-electron chi connectivity index (χ0n) is 15.4. The van der Waals surface area contributed by atoms with Crippen LogP contribution < -0.4 is 0 Å². The summed E-state index contributed by atoms with van der Waals surface area (Å²) < 4.78 is 7.94. The van der Waals surface area contributed by atoms with Crippen molar-refractivity contribution in [3.05, 3.63) is 48.2 Å². The lowest BCUT2D eigenvalue weighted by atomic mass is 9.83. The van der Waals surface area contributed by atoms with Crippen LogP contribution in [0.15, 0.2) is 36.9 Å². The van der Waals surface area contributed by atoms with Crippen molar-refractivity contribution in [2.24, 2.45) is 0 Å². The normalized spacial score (nSPS) is 20.0. The fourth-order valence-electron chi connectivity index (χ4n) is 4.55. The van der Waals surface area contributed by atoms with E-state index in [0.717, 1.165) is 25.9 Å². The minimum atomic E-state index is -0.336. The molecule has 1 fully saturated rings. The number of para-hydroxylation sites is 1. The van der Waals surface area contributed by atoms with Gasteiger partial charge in [0.2, 0.25) is 5.91 Å². The topological polar surface area (TPSA) is 76.0 Å². The third-order valence-corrected chi connectivity index (χ3v) is 6.07. The molecule has 7 heteroatoms. The van der Waals surface area contributed by atoms with Crippen molar-refractivity contribution in [3.8, 4) is 0 Å². The number of fused-ring (bicyclic) bond motifs is 4. The third kappa shape index (κ3) is 2.56. The van der Waals surface area contributed by atoms with Crippen LogP contribution >= 0.6 is 0 Å². The zero-order chi connectivity index (χ0) is 18.4. The molecule has 0 saturated carbocycles. The Hall–Kier alpha value is -2.67. The first-order valence-electron chi connectivity index (χ1n) is 9.55. The summed E-state index contributed by atoms with van der Waals surface area (Å²) in [5, 5.41) is 5.40. The van der Waals surface area contributed by atoms with Gasteiger partial charge in [0, 0.05) is 24.0 Å². The van der Waals surface area contributed by atoms with E-state index in [0.29, 0.717) is 13.1 Å². The van der Waals surface area contributed by atoms with Crippen LogP contribution in [-0.4, -0.2) is 50.3 Å². The van der Waals surface area contributed by atoms with Gasteiger partial charge >= 0.3 is 0 Å². The number of carbonyl (C=O) groups is 1. The molecule has 1 N–H and O–H groups in total. The van der Waals surface area contributed by atoms with Gasteiger partial charge in [-0.05, 0) is 37.8 Å². The number of nitrogens with one attached hydrogen (secondary N) is 1. The molecule has 2 aliphatic heterocycles. The van der Waals surface area contributed by atoms with Crippen LogP contribution in [0.1, 0.15) is 37.1 Å². The maximum Gasteiger partial charge on any atom is 0.247 e. The van der Waals surface area contributed by atoms with Crippen molar-refractivity contribution in [2.75, 3.05) is 19.7 Å². The molecule has 140 valence electrons. The number of H-pyrrole nitrogens is 1. The summed E-state index contributed by atoms with van der Waals surface area (Å²) in [5.74, 6) is 0.0861. The van der Waals surface area contributed by atoms with Crippen molar-refractivity contribution in [1.29, 1.82) is 0 Å². The summed E-state index contributed by atoms with van der Waals surface area (Å²) in [6.07, 6.45) is 5.61. The number of aromatic nitrogens is 4. The zero-order valence-corrected chi connectivity index (χ0v) is 15.4. The third-order valence-electron chi connectivity index (χ3n) is 6.07. The molecule has 0 bridgehead atoms. The molecule has 3 aromatic rings. The summed E-state index contributed by atoms with van der Waals surface area (Å²) in [6.45, 7) is 3.98. The van der Waals surface area contributed by atoms with E-state index in [-0.39, 0.29) is 17.6 Å². The number of piperidine rings is 1. The number of nitrogens with zero attached hydrogens (tertiary/aromatic N) is 4. The van der Waals surface area contributed by atoms with Crippen LogP contribution in [0.25, 0.3) is 10.9 Å². The molecule has 2 aromatic heterocycles. The Kier molecular flexibility index (Phi) is 3.79. The van der Waals surface area contributed by atoms with Crippen LogP contribution in [0.3, 0.4) is 0 Å². The van der Waals surface area contributed by atoms with Crippen LogP contribution in [-0.2, 0) is 21.6 Å². The fourth-order valence-corrected chi connectivity index (χ4v) is 4.55. The average molecular weight is 365 g/mol. The highest BCUT2D eigenvalue weighted by Gasteiger charge is 2.44. The van der Waals surface area contributed by atoms with Gasteiger partial charge in [0.05, 0.1) is 12.3 Å². The number of rotatable bonds is 2. The highest BCUT2D eigenvalue weighted by molar-refractivity contribution is 5.85. The van der Waals surface area contributed by atoms with Gasteiger partial charge in [-0.2, -0.15) is 5.10 Å². The van der Waals surface area contributed by atoms with E-state index in [1.165, 1.54) is 28.5 Å². The minimum Gasteiger partial charge on any atom is -0.368 e. The number of likely N-dealkylation sites (tertiary alicyclic amines) is 1. The highest BCUT2D eigenvalue weighted by Crippen LogP contribution is 2.43. The maximum absolute atomic E-state index is 12.8. The number of carbonyl (C=O) groups excluding carboxylic acids is 1. The van der Waals surface area contributed by atoms with Crippen LogP contribution in [0.4, 0.5) is 0 Å². The van der Waals surface area contributed by atoms with Crippen LogP contribution in [0.2, 0.25) is 0 Å². The molecule has 1 spiro atoms. The molecule has 1 atom stereocenters. The molecule has 1 aromatic carbocycles. The molecule has 4 heterocycles. The molecule has 2 aliphatic rings. The van der Waals surface area contributed by atoms with Gasteiger partial charge in [0.1, 0.15) is 24.3 Å². The molecule has 0 radical (unpaired) electrons. The van der Waals surface area contributed by atoms with Gasteiger partial charge in [-0.3, -0.25) is 4.79 Å². The second-order valence-corrected chi connectivity index (χ2v) is 7.49. The molecule has 27 heavy (non-hydrogen) atoms. The lowest BCUT2D eigenvalue weighted by Crippen LogP contribution is -2.49. The molecular formula is C20H23N5O2. The first-order valence-corrected chi connectivity index (χ1v) is 9.55. The molecule has 0 aliphatic carbocycles. The second-order valence-electron chi connectivity index (χ2n) is 7.49. The Morgan fingerprint density at radius 2 is 2.11 bits per heavy atom. The summed E-state index contributed by atoms with van der Waals surface area (Å²) in [4.78, 5) is 22.3. The molecule has 1 saturated heterocycles. The van der Waals surface area contributed by atoms with Gasteiger partial charge in [-0.25, -0.2) is 9.67 Å². The maximum atomic E-state index is 12.8. The smallest absolute Gasteiger partial charge is 0.247 e. The Morgan fingerprint density at radius 1 is 1.30 bits per heavy atom. The Balaban J connectivity index is 1.38. The standard InChI is InChI=1S/C20H23N5O2/c1-14(25-13-21-12-22-25)19(26)24-9-7-20(8-10-24)18-16(6-11-27-20)15-4-2-3-5-17(15)23-18/h2-5,12-14,23H,6-11H2,1H3. The van der Waals surface area contributed by atoms with Gasteiger partial charge in [0.15, 0.2) is 0 Å². The van der Waals surface area contributed by atoms with Crippen molar-refractivity contribution in [3.63, 3.8) is 0 Å². The highest BCUT2D eigenvalue weighted by atomic mass is 16.5. The van der Waals surface area contributed by atoms with E-state index < -0.39 is 0 Å². The predicted octanol–water partition coefficient (Wildman–Crippen LogP) is 2.41. The number of ether oxygens (including phenoxy) is 1. The number of aromatic amines is 1. The van der Waals surface area contributed by atoms with E-state index in [2.05, 4.69) is 39.3 Å². The second kappa shape index (κ2) is 6.20.